The monoisotopic (exact) mass is 484 g/mol. The largest absolute Gasteiger partial charge is 0.497 e. The summed E-state index contributed by atoms with van der Waals surface area (Å²) in [5.41, 5.74) is 1.98. The van der Waals surface area contributed by atoms with Crippen molar-refractivity contribution in [2.45, 2.75) is 25.9 Å². The fourth-order valence-corrected chi connectivity index (χ4v) is 3.92. The number of aromatic nitrogens is 2. The molecule has 2 heterocycles. The predicted octanol–water partition coefficient (Wildman–Crippen LogP) is 4.04. The second kappa shape index (κ2) is 10.1. The first kappa shape index (κ1) is 21.5. The molecule has 0 spiro atoms. The topological polar surface area (TPSA) is 80.5 Å². The van der Waals surface area contributed by atoms with Gasteiger partial charge in [0.1, 0.15) is 5.75 Å². The standard InChI is InChI=1S/C23H25BrN4O3/c1-30-20-8-2-16(3-9-20)14-25-23(29)18-10-12-28(13-11-18)15-21-26-22(27-31-21)17-4-6-19(24)7-5-17/h2-9,18H,10-15H2,1H3,(H,25,29). The number of likely N-dealkylation sites (tertiary alicyclic amines) is 1. The Kier molecular flexibility index (Phi) is 6.99. The number of carbonyl (C=O) groups excluding carboxylic acids is 1. The number of rotatable bonds is 7. The van der Waals surface area contributed by atoms with E-state index in [2.05, 4.69) is 36.3 Å². The van der Waals surface area contributed by atoms with Crippen LogP contribution in [-0.2, 0) is 17.9 Å². The zero-order chi connectivity index (χ0) is 21.6. The van der Waals surface area contributed by atoms with E-state index in [0.717, 1.165) is 47.3 Å². The molecule has 1 aromatic heterocycles. The number of hydrogen-bond donors (Lipinski definition) is 1. The van der Waals surface area contributed by atoms with E-state index in [-0.39, 0.29) is 11.8 Å². The smallest absolute Gasteiger partial charge is 0.241 e. The van der Waals surface area contributed by atoms with E-state index in [1.807, 2.05) is 48.5 Å². The molecule has 0 atom stereocenters. The lowest BCUT2D eigenvalue weighted by atomic mass is 9.96. The van der Waals surface area contributed by atoms with Crippen LogP contribution in [0.25, 0.3) is 11.4 Å². The molecular formula is C23H25BrN4O3. The Bertz CT molecular complexity index is 996. The van der Waals surface area contributed by atoms with E-state index < -0.39 is 0 Å². The molecule has 2 aromatic carbocycles. The molecule has 7 nitrogen and oxygen atoms in total. The molecule has 3 aromatic rings. The molecule has 0 aliphatic carbocycles. The maximum absolute atomic E-state index is 12.5. The van der Waals surface area contributed by atoms with E-state index in [0.29, 0.717) is 24.8 Å². The zero-order valence-corrected chi connectivity index (χ0v) is 19.0. The molecule has 1 saturated heterocycles. The van der Waals surface area contributed by atoms with E-state index in [9.17, 15) is 4.79 Å². The van der Waals surface area contributed by atoms with Gasteiger partial charge in [-0.15, -0.1) is 0 Å². The van der Waals surface area contributed by atoms with Gasteiger partial charge in [0.15, 0.2) is 0 Å². The lowest BCUT2D eigenvalue weighted by Crippen LogP contribution is -2.40. The van der Waals surface area contributed by atoms with Crippen molar-refractivity contribution in [2.75, 3.05) is 20.2 Å². The highest BCUT2D eigenvalue weighted by atomic mass is 79.9. The molecule has 1 aliphatic heterocycles. The summed E-state index contributed by atoms with van der Waals surface area (Å²) in [6, 6.07) is 15.6. The minimum atomic E-state index is 0.0375. The molecule has 162 valence electrons. The zero-order valence-electron chi connectivity index (χ0n) is 17.4. The number of ether oxygens (including phenoxy) is 1. The Morgan fingerprint density at radius 1 is 1.16 bits per heavy atom. The van der Waals surface area contributed by atoms with Gasteiger partial charge in [-0.25, -0.2) is 0 Å². The molecule has 1 N–H and O–H groups in total. The molecule has 1 aliphatic rings. The van der Waals surface area contributed by atoms with Crippen LogP contribution >= 0.6 is 15.9 Å². The summed E-state index contributed by atoms with van der Waals surface area (Å²) in [6.07, 6.45) is 1.64. The molecule has 0 radical (unpaired) electrons. The van der Waals surface area contributed by atoms with Gasteiger partial charge in [0.2, 0.25) is 17.6 Å². The second-order valence-corrected chi connectivity index (χ2v) is 8.55. The summed E-state index contributed by atoms with van der Waals surface area (Å²) in [7, 11) is 1.64. The summed E-state index contributed by atoms with van der Waals surface area (Å²) in [5, 5.41) is 7.14. The Labute approximate surface area is 189 Å². The third-order valence-electron chi connectivity index (χ3n) is 5.51. The van der Waals surface area contributed by atoms with Crippen LogP contribution in [0.1, 0.15) is 24.3 Å². The Morgan fingerprint density at radius 3 is 2.55 bits per heavy atom. The number of carbonyl (C=O) groups is 1. The van der Waals surface area contributed by atoms with Crippen molar-refractivity contribution in [3.8, 4) is 17.1 Å². The molecular weight excluding hydrogens is 460 g/mol. The number of hydrogen-bond acceptors (Lipinski definition) is 6. The van der Waals surface area contributed by atoms with Crippen LogP contribution in [0, 0.1) is 5.92 Å². The molecule has 8 heteroatoms. The third-order valence-corrected chi connectivity index (χ3v) is 6.04. The first-order valence-corrected chi connectivity index (χ1v) is 11.1. The summed E-state index contributed by atoms with van der Waals surface area (Å²) in [5.74, 6) is 2.16. The summed E-state index contributed by atoms with van der Waals surface area (Å²) < 4.78 is 11.6. The van der Waals surface area contributed by atoms with Gasteiger partial charge in [-0.2, -0.15) is 4.98 Å². The van der Waals surface area contributed by atoms with Crippen LogP contribution in [-0.4, -0.2) is 41.1 Å². The number of nitrogens with zero attached hydrogens (tertiary/aromatic N) is 3. The normalized spacial score (nSPS) is 15.0. The minimum Gasteiger partial charge on any atom is -0.497 e. The van der Waals surface area contributed by atoms with E-state index in [1.165, 1.54) is 0 Å². The fraction of sp³-hybridized carbons (Fsp3) is 0.348. The van der Waals surface area contributed by atoms with Crippen LogP contribution in [0.4, 0.5) is 0 Å². The van der Waals surface area contributed by atoms with E-state index in [4.69, 9.17) is 9.26 Å². The molecule has 0 bridgehead atoms. The van der Waals surface area contributed by atoms with Gasteiger partial charge in [0, 0.05) is 22.5 Å². The maximum Gasteiger partial charge on any atom is 0.241 e. The highest BCUT2D eigenvalue weighted by molar-refractivity contribution is 9.10. The quantitative estimate of drug-likeness (QED) is 0.544. The van der Waals surface area contributed by atoms with Crippen LogP contribution in [0.2, 0.25) is 0 Å². The highest BCUT2D eigenvalue weighted by Gasteiger charge is 2.26. The molecule has 1 fully saturated rings. The van der Waals surface area contributed by atoms with E-state index >= 15 is 0 Å². The van der Waals surface area contributed by atoms with Crippen molar-refractivity contribution < 1.29 is 14.1 Å². The van der Waals surface area contributed by atoms with Crippen molar-refractivity contribution in [1.29, 1.82) is 0 Å². The SMILES string of the molecule is COc1ccc(CNC(=O)C2CCN(Cc3nc(-c4ccc(Br)cc4)no3)CC2)cc1. The Morgan fingerprint density at radius 2 is 1.87 bits per heavy atom. The Balaban J connectivity index is 1.23. The number of halogens is 1. The number of amides is 1. The predicted molar refractivity (Wildman–Crippen MR) is 120 cm³/mol. The van der Waals surface area contributed by atoms with Crippen molar-refractivity contribution in [3.05, 3.63) is 64.5 Å². The first-order chi connectivity index (χ1) is 15.1. The molecule has 4 rings (SSSR count). The second-order valence-electron chi connectivity index (χ2n) is 7.63. The van der Waals surface area contributed by atoms with Gasteiger partial charge in [-0.3, -0.25) is 9.69 Å². The van der Waals surface area contributed by atoms with Gasteiger partial charge in [0.05, 0.1) is 13.7 Å². The molecule has 0 unspecified atom stereocenters. The summed E-state index contributed by atoms with van der Waals surface area (Å²) in [6.45, 7) is 2.79. The minimum absolute atomic E-state index is 0.0375. The molecule has 31 heavy (non-hydrogen) atoms. The lowest BCUT2D eigenvalue weighted by Gasteiger charge is -2.30. The molecule has 0 saturated carbocycles. The highest BCUT2D eigenvalue weighted by Crippen LogP contribution is 2.22. The fourth-order valence-electron chi connectivity index (χ4n) is 3.66. The van der Waals surface area contributed by atoms with Gasteiger partial charge in [0.25, 0.3) is 0 Å². The number of piperidine rings is 1. The third kappa shape index (κ3) is 5.71. The van der Waals surface area contributed by atoms with Crippen LogP contribution < -0.4 is 10.1 Å². The first-order valence-electron chi connectivity index (χ1n) is 10.3. The Hall–Kier alpha value is -2.71. The maximum atomic E-state index is 12.5. The van der Waals surface area contributed by atoms with Gasteiger partial charge in [-0.05, 0) is 67.9 Å². The number of nitrogens with one attached hydrogen (secondary N) is 1. The van der Waals surface area contributed by atoms with Crippen LogP contribution in [0.3, 0.4) is 0 Å². The lowest BCUT2D eigenvalue weighted by molar-refractivity contribution is -0.126. The average molecular weight is 485 g/mol. The summed E-state index contributed by atoms with van der Waals surface area (Å²) in [4.78, 5) is 19.3. The van der Waals surface area contributed by atoms with Gasteiger partial charge in [-0.1, -0.05) is 33.2 Å². The number of benzene rings is 2. The molecule has 1 amide bonds. The number of methoxy groups -OCH3 is 1. The van der Waals surface area contributed by atoms with Crippen molar-refractivity contribution >= 4 is 21.8 Å². The van der Waals surface area contributed by atoms with Crippen LogP contribution in [0.15, 0.2) is 57.5 Å². The van der Waals surface area contributed by atoms with Crippen molar-refractivity contribution in [1.82, 2.24) is 20.4 Å². The van der Waals surface area contributed by atoms with E-state index in [1.54, 1.807) is 7.11 Å². The van der Waals surface area contributed by atoms with Gasteiger partial charge >= 0.3 is 0 Å². The van der Waals surface area contributed by atoms with Crippen molar-refractivity contribution in [3.63, 3.8) is 0 Å². The van der Waals surface area contributed by atoms with Crippen molar-refractivity contribution in [2.24, 2.45) is 5.92 Å². The van der Waals surface area contributed by atoms with Gasteiger partial charge < -0.3 is 14.6 Å². The average Bonchev–Trinajstić information content (AvgIpc) is 3.27. The summed E-state index contributed by atoms with van der Waals surface area (Å²) >= 11 is 3.43. The van der Waals surface area contributed by atoms with Crippen LogP contribution in [0.5, 0.6) is 5.75 Å².